The van der Waals surface area contributed by atoms with Crippen LogP contribution in [0.15, 0.2) is 12.2 Å². The van der Waals surface area contributed by atoms with Crippen LogP contribution in [0.2, 0.25) is 0 Å². The lowest BCUT2D eigenvalue weighted by molar-refractivity contribution is -0.119. The second-order valence-corrected chi connectivity index (χ2v) is 2.42. The molecule has 0 atom stereocenters. The van der Waals surface area contributed by atoms with Gasteiger partial charge in [0.25, 0.3) is 0 Å². The van der Waals surface area contributed by atoms with Gasteiger partial charge in [-0.1, -0.05) is 26.3 Å². The second-order valence-electron chi connectivity index (χ2n) is 2.42. The lowest BCUT2D eigenvalue weighted by atomic mass is 10.2. The van der Waals surface area contributed by atoms with Crippen molar-refractivity contribution in [1.82, 2.24) is 0 Å². The number of hydrogen-bond acceptors (Lipinski definition) is 2. The van der Waals surface area contributed by atoms with Crippen molar-refractivity contribution in [2.24, 2.45) is 0 Å². The van der Waals surface area contributed by atoms with Gasteiger partial charge in [0.15, 0.2) is 5.79 Å². The van der Waals surface area contributed by atoms with E-state index in [1.54, 1.807) is 13.0 Å². The molecule has 0 aromatic carbocycles. The largest absolute Gasteiger partial charge is 0.362 e. The minimum atomic E-state index is -1.59. The van der Waals surface area contributed by atoms with Crippen LogP contribution in [0.3, 0.4) is 0 Å². The van der Waals surface area contributed by atoms with Gasteiger partial charge in [-0.2, -0.15) is 0 Å². The molecule has 2 N–H and O–H groups in total. The Kier molecular flexibility index (Phi) is 4.32. The smallest absolute Gasteiger partial charge is 0.182 e. The molecule has 10 heavy (non-hydrogen) atoms. The van der Waals surface area contributed by atoms with Crippen LogP contribution >= 0.6 is 0 Å². The molecule has 0 aliphatic heterocycles. The molecular weight excluding hydrogens is 128 g/mol. The number of aliphatic hydroxyl groups is 2. The van der Waals surface area contributed by atoms with Crippen LogP contribution in [0.25, 0.3) is 0 Å². The first-order valence-electron chi connectivity index (χ1n) is 3.75. The molecule has 0 aromatic heterocycles. The van der Waals surface area contributed by atoms with Crippen LogP contribution in [-0.2, 0) is 0 Å². The molecule has 0 aliphatic carbocycles. The lowest BCUT2D eigenvalue weighted by Gasteiger charge is -2.13. The maximum Gasteiger partial charge on any atom is 0.182 e. The third kappa shape index (κ3) is 4.53. The molecule has 0 rings (SSSR count). The Morgan fingerprint density at radius 1 is 1.30 bits per heavy atom. The maximum atomic E-state index is 9.02. The first-order chi connectivity index (χ1) is 4.62. The van der Waals surface area contributed by atoms with Gasteiger partial charge < -0.3 is 10.2 Å². The minimum Gasteiger partial charge on any atom is -0.362 e. The van der Waals surface area contributed by atoms with Gasteiger partial charge in [0, 0.05) is 6.42 Å². The van der Waals surface area contributed by atoms with Crippen molar-refractivity contribution in [2.45, 2.75) is 38.9 Å². The highest BCUT2D eigenvalue weighted by molar-refractivity contribution is 4.92. The molecule has 0 saturated carbocycles. The summed E-state index contributed by atoms with van der Waals surface area (Å²) < 4.78 is 0. The van der Waals surface area contributed by atoms with E-state index in [-0.39, 0.29) is 0 Å². The highest BCUT2D eigenvalue weighted by Gasteiger charge is 2.13. The topological polar surface area (TPSA) is 40.5 Å². The van der Waals surface area contributed by atoms with Crippen LogP contribution < -0.4 is 0 Å². The van der Waals surface area contributed by atoms with E-state index in [0.717, 1.165) is 12.8 Å². The Labute approximate surface area is 62.2 Å². The van der Waals surface area contributed by atoms with E-state index in [0.29, 0.717) is 6.42 Å². The zero-order valence-electron chi connectivity index (χ0n) is 6.67. The summed E-state index contributed by atoms with van der Waals surface area (Å²) >= 11 is 0. The Bertz CT molecular complexity index is 106. The normalized spacial score (nSPS) is 12.8. The van der Waals surface area contributed by atoms with Crippen LogP contribution in [0, 0.1) is 0 Å². The van der Waals surface area contributed by atoms with Crippen molar-refractivity contribution in [3.8, 4) is 0 Å². The molecule has 0 saturated heterocycles. The molecular formula is C8H16O2. The molecule has 0 spiro atoms. The highest BCUT2D eigenvalue weighted by Crippen LogP contribution is 2.06. The van der Waals surface area contributed by atoms with Gasteiger partial charge in [-0.25, -0.2) is 0 Å². The molecule has 2 nitrogen and oxygen atoms in total. The molecule has 0 aliphatic rings. The van der Waals surface area contributed by atoms with Crippen molar-refractivity contribution in [3.63, 3.8) is 0 Å². The quantitative estimate of drug-likeness (QED) is 0.463. The first kappa shape index (κ1) is 9.66. The van der Waals surface area contributed by atoms with Crippen LogP contribution in [-0.4, -0.2) is 16.0 Å². The predicted octanol–water partition coefficient (Wildman–Crippen LogP) is 1.43. The third-order valence-electron chi connectivity index (χ3n) is 1.36. The summed E-state index contributed by atoms with van der Waals surface area (Å²) in [5.41, 5.74) is 0. The van der Waals surface area contributed by atoms with Crippen molar-refractivity contribution in [3.05, 3.63) is 12.2 Å². The van der Waals surface area contributed by atoms with E-state index in [9.17, 15) is 0 Å². The number of allylic oxidation sites excluding steroid dienone is 1. The number of hydrogen-bond donors (Lipinski definition) is 2. The van der Waals surface area contributed by atoms with E-state index in [1.807, 2.05) is 6.92 Å². The second kappa shape index (κ2) is 4.47. The molecule has 0 radical (unpaired) electrons. The fourth-order valence-electron chi connectivity index (χ4n) is 0.557. The van der Waals surface area contributed by atoms with Crippen molar-refractivity contribution < 1.29 is 10.2 Å². The monoisotopic (exact) mass is 144 g/mol. The van der Waals surface area contributed by atoms with Gasteiger partial charge in [0.05, 0.1) is 0 Å². The summed E-state index contributed by atoms with van der Waals surface area (Å²) in [4.78, 5) is 0. The molecule has 0 amide bonds. The van der Waals surface area contributed by atoms with Crippen molar-refractivity contribution in [2.75, 3.05) is 0 Å². The van der Waals surface area contributed by atoms with Crippen LogP contribution in [0.5, 0.6) is 0 Å². The highest BCUT2D eigenvalue weighted by atomic mass is 16.5. The summed E-state index contributed by atoms with van der Waals surface area (Å²) in [6.07, 6.45) is 5.52. The van der Waals surface area contributed by atoms with E-state index in [1.165, 1.54) is 6.08 Å². The van der Waals surface area contributed by atoms with E-state index in [4.69, 9.17) is 10.2 Å². The minimum absolute atomic E-state index is 0.340. The summed E-state index contributed by atoms with van der Waals surface area (Å²) in [6.45, 7) is 3.78. The van der Waals surface area contributed by atoms with Crippen molar-refractivity contribution >= 4 is 0 Å². The molecule has 0 bridgehead atoms. The first-order valence-corrected chi connectivity index (χ1v) is 3.75. The average molecular weight is 144 g/mol. The number of unbranched alkanes of at least 4 members (excludes halogenated alkanes) is 1. The van der Waals surface area contributed by atoms with Gasteiger partial charge in [-0.15, -0.1) is 0 Å². The van der Waals surface area contributed by atoms with Gasteiger partial charge >= 0.3 is 0 Å². The molecule has 0 fully saturated rings. The van der Waals surface area contributed by atoms with E-state index >= 15 is 0 Å². The fourth-order valence-corrected chi connectivity index (χ4v) is 0.557. The average Bonchev–Trinajstić information content (AvgIpc) is 1.89. The van der Waals surface area contributed by atoms with Gasteiger partial charge in [0.2, 0.25) is 0 Å². The Morgan fingerprint density at radius 2 is 1.90 bits per heavy atom. The Hall–Kier alpha value is -0.340. The molecule has 60 valence electrons. The van der Waals surface area contributed by atoms with Crippen LogP contribution in [0.4, 0.5) is 0 Å². The number of rotatable bonds is 4. The SMILES string of the molecule is CCCC=CC(O)(O)CC. The summed E-state index contributed by atoms with van der Waals surface area (Å²) in [7, 11) is 0. The predicted molar refractivity (Wildman–Crippen MR) is 41.5 cm³/mol. The van der Waals surface area contributed by atoms with Gasteiger partial charge in [-0.3, -0.25) is 0 Å². The third-order valence-corrected chi connectivity index (χ3v) is 1.36. The molecule has 0 aromatic rings. The molecule has 2 heteroatoms. The lowest BCUT2D eigenvalue weighted by Crippen LogP contribution is -2.22. The Morgan fingerprint density at radius 3 is 2.30 bits per heavy atom. The fraction of sp³-hybridized carbons (Fsp3) is 0.750. The van der Waals surface area contributed by atoms with Crippen molar-refractivity contribution in [1.29, 1.82) is 0 Å². The van der Waals surface area contributed by atoms with E-state index in [2.05, 4.69) is 0 Å². The van der Waals surface area contributed by atoms with E-state index < -0.39 is 5.79 Å². The zero-order chi connectivity index (χ0) is 8.04. The molecule has 0 unspecified atom stereocenters. The summed E-state index contributed by atoms with van der Waals surface area (Å²) in [5.74, 6) is -1.59. The summed E-state index contributed by atoms with van der Waals surface area (Å²) in [6, 6.07) is 0. The Balaban J connectivity index is 3.63. The maximum absolute atomic E-state index is 9.02. The zero-order valence-corrected chi connectivity index (χ0v) is 6.67. The van der Waals surface area contributed by atoms with Gasteiger partial charge in [0.1, 0.15) is 0 Å². The standard InChI is InChI=1S/C8H16O2/c1-3-5-6-7-8(9,10)4-2/h6-7,9-10H,3-5H2,1-2H3. The molecule has 0 heterocycles. The summed E-state index contributed by atoms with van der Waals surface area (Å²) in [5, 5.41) is 18.0. The van der Waals surface area contributed by atoms with Gasteiger partial charge in [-0.05, 0) is 12.5 Å². The van der Waals surface area contributed by atoms with Crippen LogP contribution in [0.1, 0.15) is 33.1 Å².